The molecule has 0 fully saturated rings. The van der Waals surface area contributed by atoms with Crippen LogP contribution in [0.5, 0.6) is 0 Å². The maximum atomic E-state index is 9.93. The molecule has 2 nitrogen and oxygen atoms in total. The van der Waals surface area contributed by atoms with Gasteiger partial charge in [-0.15, -0.1) is 0 Å². The summed E-state index contributed by atoms with van der Waals surface area (Å²) in [5, 5.41) is 9.93. The molecule has 0 heterocycles. The first-order valence-electron chi connectivity index (χ1n) is 6.26. The van der Waals surface area contributed by atoms with Gasteiger partial charge in [-0.25, -0.2) is 0 Å². The summed E-state index contributed by atoms with van der Waals surface area (Å²) in [5.74, 6) is 1.13. The third-order valence-electron chi connectivity index (χ3n) is 3.34. The quantitative estimate of drug-likeness (QED) is 0.706. The van der Waals surface area contributed by atoms with Crippen LogP contribution in [0.4, 0.5) is 0 Å². The topological polar surface area (TPSA) is 23.5 Å². The highest BCUT2D eigenvalue weighted by Crippen LogP contribution is 2.13. The van der Waals surface area contributed by atoms with Crippen molar-refractivity contribution in [3.05, 3.63) is 0 Å². The van der Waals surface area contributed by atoms with Gasteiger partial charge in [-0.05, 0) is 32.2 Å². The molecule has 0 aliphatic carbocycles. The highest BCUT2D eigenvalue weighted by molar-refractivity contribution is 4.71. The van der Waals surface area contributed by atoms with E-state index in [1.165, 1.54) is 6.42 Å². The van der Waals surface area contributed by atoms with Gasteiger partial charge in [0.1, 0.15) is 0 Å². The fraction of sp³-hybridized carbons (Fsp3) is 1.00. The third kappa shape index (κ3) is 6.16. The summed E-state index contributed by atoms with van der Waals surface area (Å²) in [4.78, 5) is 2.27. The molecule has 3 atom stereocenters. The SMILES string of the molecule is CCC(C)C(O)CN(C)C(C)CC(C)C. The number of nitrogens with zero attached hydrogens (tertiary/aromatic N) is 1. The van der Waals surface area contributed by atoms with Crippen LogP contribution >= 0.6 is 0 Å². The molecule has 0 saturated heterocycles. The van der Waals surface area contributed by atoms with Crippen LogP contribution in [-0.4, -0.2) is 35.7 Å². The Morgan fingerprint density at radius 2 is 1.67 bits per heavy atom. The van der Waals surface area contributed by atoms with Gasteiger partial charge < -0.3 is 10.0 Å². The zero-order chi connectivity index (χ0) is 12.0. The van der Waals surface area contributed by atoms with Crippen LogP contribution in [0.2, 0.25) is 0 Å². The predicted octanol–water partition coefficient (Wildman–Crippen LogP) is 2.76. The second-order valence-corrected chi connectivity index (χ2v) is 5.37. The monoisotopic (exact) mass is 215 g/mol. The Hall–Kier alpha value is -0.0800. The Bertz CT molecular complexity index is 159. The number of likely N-dealkylation sites (N-methyl/N-ethyl adjacent to an activating group) is 1. The Morgan fingerprint density at radius 3 is 2.07 bits per heavy atom. The third-order valence-corrected chi connectivity index (χ3v) is 3.34. The summed E-state index contributed by atoms with van der Waals surface area (Å²) in [5.41, 5.74) is 0. The van der Waals surface area contributed by atoms with Gasteiger partial charge in [0, 0.05) is 12.6 Å². The summed E-state index contributed by atoms with van der Waals surface area (Å²) in [6.07, 6.45) is 2.06. The second-order valence-electron chi connectivity index (χ2n) is 5.37. The van der Waals surface area contributed by atoms with Crippen LogP contribution in [0.15, 0.2) is 0 Å². The molecule has 0 aliphatic heterocycles. The van der Waals surface area contributed by atoms with Gasteiger partial charge in [-0.1, -0.05) is 34.1 Å². The summed E-state index contributed by atoms with van der Waals surface area (Å²) >= 11 is 0. The van der Waals surface area contributed by atoms with Crippen LogP contribution in [0.3, 0.4) is 0 Å². The Labute approximate surface area is 95.7 Å². The number of hydrogen-bond donors (Lipinski definition) is 1. The van der Waals surface area contributed by atoms with E-state index in [0.717, 1.165) is 18.9 Å². The van der Waals surface area contributed by atoms with E-state index in [4.69, 9.17) is 0 Å². The molecule has 0 aliphatic rings. The van der Waals surface area contributed by atoms with Crippen molar-refractivity contribution in [3.63, 3.8) is 0 Å². The fourth-order valence-electron chi connectivity index (χ4n) is 1.79. The van der Waals surface area contributed by atoms with Gasteiger partial charge in [0.15, 0.2) is 0 Å². The van der Waals surface area contributed by atoms with Gasteiger partial charge in [0.25, 0.3) is 0 Å². The highest BCUT2D eigenvalue weighted by Gasteiger charge is 2.18. The van der Waals surface area contributed by atoms with Crippen molar-refractivity contribution in [2.45, 2.75) is 59.6 Å². The van der Waals surface area contributed by atoms with E-state index in [0.29, 0.717) is 12.0 Å². The van der Waals surface area contributed by atoms with Gasteiger partial charge in [-0.2, -0.15) is 0 Å². The average Bonchev–Trinajstić information content (AvgIpc) is 2.15. The minimum atomic E-state index is -0.186. The summed E-state index contributed by atoms with van der Waals surface area (Å²) < 4.78 is 0. The lowest BCUT2D eigenvalue weighted by molar-refractivity contribution is 0.0619. The van der Waals surface area contributed by atoms with Gasteiger partial charge in [0.2, 0.25) is 0 Å². The standard InChI is InChI=1S/C13H29NO/c1-7-11(4)13(15)9-14(6)12(5)8-10(2)3/h10-13,15H,7-9H2,1-6H3. The van der Waals surface area contributed by atoms with Crippen LogP contribution < -0.4 is 0 Å². The molecule has 15 heavy (non-hydrogen) atoms. The molecule has 0 radical (unpaired) electrons. The van der Waals surface area contributed by atoms with E-state index < -0.39 is 0 Å². The van der Waals surface area contributed by atoms with Gasteiger partial charge >= 0.3 is 0 Å². The second kappa shape index (κ2) is 7.24. The summed E-state index contributed by atoms with van der Waals surface area (Å²) in [6, 6.07) is 0.559. The molecule has 0 aromatic rings. The maximum Gasteiger partial charge on any atom is 0.0692 e. The molecule has 0 saturated carbocycles. The molecule has 3 unspecified atom stereocenters. The predicted molar refractivity (Wildman–Crippen MR) is 67.0 cm³/mol. The molecular formula is C13H29NO. The van der Waals surface area contributed by atoms with Crippen molar-refractivity contribution >= 4 is 0 Å². The molecular weight excluding hydrogens is 186 g/mol. The van der Waals surface area contributed by atoms with Crippen LogP contribution in [0.25, 0.3) is 0 Å². The van der Waals surface area contributed by atoms with Gasteiger partial charge in [-0.3, -0.25) is 0 Å². The van der Waals surface area contributed by atoms with Gasteiger partial charge in [0.05, 0.1) is 6.10 Å². The summed E-state index contributed by atoms with van der Waals surface area (Å²) in [6.45, 7) is 11.8. The first-order valence-corrected chi connectivity index (χ1v) is 6.26. The van der Waals surface area contributed by atoms with Crippen molar-refractivity contribution in [2.24, 2.45) is 11.8 Å². The zero-order valence-electron chi connectivity index (χ0n) is 11.3. The fourth-order valence-corrected chi connectivity index (χ4v) is 1.79. The van der Waals surface area contributed by atoms with Crippen molar-refractivity contribution < 1.29 is 5.11 Å². The van der Waals surface area contributed by atoms with E-state index in [1.807, 2.05) is 0 Å². The number of aliphatic hydroxyl groups is 1. The first-order chi connectivity index (χ1) is 6.88. The van der Waals surface area contributed by atoms with Crippen molar-refractivity contribution in [3.8, 4) is 0 Å². The number of rotatable bonds is 7. The molecule has 0 aromatic carbocycles. The van der Waals surface area contributed by atoms with Crippen LogP contribution in [-0.2, 0) is 0 Å². The largest absolute Gasteiger partial charge is 0.392 e. The number of aliphatic hydroxyl groups excluding tert-OH is 1. The van der Waals surface area contributed by atoms with E-state index in [2.05, 4.69) is 46.6 Å². The molecule has 1 N–H and O–H groups in total. The minimum absolute atomic E-state index is 0.186. The molecule has 0 rings (SSSR count). The molecule has 0 bridgehead atoms. The van der Waals surface area contributed by atoms with Crippen LogP contribution in [0.1, 0.15) is 47.5 Å². The molecule has 2 heteroatoms. The van der Waals surface area contributed by atoms with Crippen molar-refractivity contribution in [2.75, 3.05) is 13.6 Å². The van der Waals surface area contributed by atoms with E-state index in [9.17, 15) is 5.11 Å². The normalized spacial score (nSPS) is 18.2. The first kappa shape index (κ1) is 14.9. The van der Waals surface area contributed by atoms with Crippen molar-refractivity contribution in [1.29, 1.82) is 0 Å². The molecule has 0 spiro atoms. The molecule has 92 valence electrons. The Balaban J connectivity index is 3.95. The molecule has 0 amide bonds. The number of hydrogen-bond acceptors (Lipinski definition) is 2. The lowest BCUT2D eigenvalue weighted by Crippen LogP contribution is -2.38. The lowest BCUT2D eigenvalue weighted by atomic mass is 9.99. The van der Waals surface area contributed by atoms with E-state index in [1.54, 1.807) is 0 Å². The van der Waals surface area contributed by atoms with E-state index in [-0.39, 0.29) is 6.10 Å². The lowest BCUT2D eigenvalue weighted by Gasteiger charge is -2.30. The zero-order valence-corrected chi connectivity index (χ0v) is 11.3. The Morgan fingerprint density at radius 1 is 1.13 bits per heavy atom. The maximum absolute atomic E-state index is 9.93. The average molecular weight is 215 g/mol. The summed E-state index contributed by atoms with van der Waals surface area (Å²) in [7, 11) is 2.11. The molecule has 0 aromatic heterocycles. The highest BCUT2D eigenvalue weighted by atomic mass is 16.3. The van der Waals surface area contributed by atoms with Crippen molar-refractivity contribution in [1.82, 2.24) is 4.90 Å². The van der Waals surface area contributed by atoms with E-state index >= 15 is 0 Å². The van der Waals surface area contributed by atoms with Crippen LogP contribution in [0, 0.1) is 11.8 Å². The smallest absolute Gasteiger partial charge is 0.0692 e. The Kier molecular flexibility index (Phi) is 7.20. The minimum Gasteiger partial charge on any atom is -0.392 e.